The van der Waals surface area contributed by atoms with Gasteiger partial charge in [-0.1, -0.05) is 56.3 Å². The normalized spacial score (nSPS) is 16.9. The number of benzene rings is 2. The highest BCUT2D eigenvalue weighted by molar-refractivity contribution is 5.70. The monoisotopic (exact) mass is 309 g/mol. The molecule has 3 rings (SSSR count). The highest BCUT2D eigenvalue weighted by Crippen LogP contribution is 2.35. The molecular weight excluding hydrogens is 282 g/mol. The molecule has 0 aliphatic carbocycles. The number of rotatable bonds is 6. The van der Waals surface area contributed by atoms with Gasteiger partial charge in [-0.2, -0.15) is 0 Å². The van der Waals surface area contributed by atoms with Gasteiger partial charge in [-0.25, -0.2) is 0 Å². The maximum atomic E-state index is 6.13. The van der Waals surface area contributed by atoms with Gasteiger partial charge in [0.05, 0.1) is 0 Å². The lowest BCUT2D eigenvalue weighted by Crippen LogP contribution is -2.44. The van der Waals surface area contributed by atoms with Crippen molar-refractivity contribution in [1.29, 1.82) is 0 Å². The van der Waals surface area contributed by atoms with Crippen molar-refractivity contribution >= 4 is 0 Å². The van der Waals surface area contributed by atoms with E-state index in [0.29, 0.717) is 6.04 Å². The maximum absolute atomic E-state index is 6.13. The summed E-state index contributed by atoms with van der Waals surface area (Å²) in [6.45, 7) is 7.64. The number of nitrogens with zero attached hydrogens (tertiary/aromatic N) is 1. The van der Waals surface area contributed by atoms with Gasteiger partial charge >= 0.3 is 0 Å². The number of fused-ring (bicyclic) bond motifs is 1. The minimum atomic E-state index is 0.493. The van der Waals surface area contributed by atoms with Crippen LogP contribution in [-0.2, 0) is 6.42 Å². The van der Waals surface area contributed by atoms with E-state index in [9.17, 15) is 0 Å². The van der Waals surface area contributed by atoms with Crippen LogP contribution in [0.2, 0.25) is 0 Å². The number of ether oxygens (including phenoxy) is 1. The van der Waals surface area contributed by atoms with Gasteiger partial charge in [0.25, 0.3) is 0 Å². The van der Waals surface area contributed by atoms with Crippen LogP contribution in [0.1, 0.15) is 32.3 Å². The van der Waals surface area contributed by atoms with Crippen molar-refractivity contribution < 1.29 is 4.74 Å². The Morgan fingerprint density at radius 2 is 1.70 bits per heavy atom. The van der Waals surface area contributed by atoms with E-state index in [-0.39, 0.29) is 0 Å². The molecule has 1 atom stereocenters. The average Bonchev–Trinajstić information content (AvgIpc) is 2.61. The van der Waals surface area contributed by atoms with Crippen molar-refractivity contribution in [2.75, 3.05) is 19.7 Å². The largest absolute Gasteiger partial charge is 0.492 e. The zero-order valence-electron chi connectivity index (χ0n) is 14.3. The lowest BCUT2D eigenvalue weighted by Gasteiger charge is -2.35. The third kappa shape index (κ3) is 3.59. The molecule has 0 spiro atoms. The van der Waals surface area contributed by atoms with Crippen molar-refractivity contribution in [3.05, 3.63) is 54.1 Å². The molecule has 0 amide bonds. The minimum Gasteiger partial charge on any atom is -0.492 e. The van der Waals surface area contributed by atoms with E-state index in [4.69, 9.17) is 4.74 Å². The summed E-state index contributed by atoms with van der Waals surface area (Å²) in [6.07, 6.45) is 3.48. The molecule has 2 aromatic carbocycles. The first kappa shape index (κ1) is 16.1. The number of hydrogen-bond donors (Lipinski definition) is 0. The summed E-state index contributed by atoms with van der Waals surface area (Å²) in [6, 6.07) is 17.6. The molecule has 23 heavy (non-hydrogen) atoms. The zero-order valence-corrected chi connectivity index (χ0v) is 14.3. The lowest BCUT2D eigenvalue weighted by atomic mass is 9.92. The molecule has 0 fully saturated rings. The van der Waals surface area contributed by atoms with E-state index >= 15 is 0 Å². The van der Waals surface area contributed by atoms with E-state index in [0.717, 1.165) is 31.9 Å². The average molecular weight is 309 g/mol. The fourth-order valence-electron chi connectivity index (χ4n) is 3.57. The highest BCUT2D eigenvalue weighted by atomic mass is 16.5. The molecular formula is C21H27NO. The summed E-state index contributed by atoms with van der Waals surface area (Å²) in [4.78, 5) is 2.60. The second-order valence-electron chi connectivity index (χ2n) is 6.35. The van der Waals surface area contributed by atoms with E-state index in [1.165, 1.54) is 29.5 Å². The summed E-state index contributed by atoms with van der Waals surface area (Å²) >= 11 is 0. The van der Waals surface area contributed by atoms with Gasteiger partial charge in [-0.05, 0) is 49.5 Å². The van der Waals surface area contributed by atoms with Crippen LogP contribution < -0.4 is 4.74 Å². The topological polar surface area (TPSA) is 12.5 Å². The molecule has 0 saturated carbocycles. The molecule has 0 saturated heterocycles. The Kier molecular flexibility index (Phi) is 5.35. The summed E-state index contributed by atoms with van der Waals surface area (Å²) in [7, 11) is 0. The Hall–Kier alpha value is -1.80. The van der Waals surface area contributed by atoms with Crippen molar-refractivity contribution in [3.63, 3.8) is 0 Å². The molecule has 0 aromatic heterocycles. The quantitative estimate of drug-likeness (QED) is 0.761. The summed E-state index contributed by atoms with van der Waals surface area (Å²) < 4.78 is 6.13. The maximum Gasteiger partial charge on any atom is 0.123 e. The van der Waals surface area contributed by atoms with Crippen molar-refractivity contribution in [2.24, 2.45) is 0 Å². The van der Waals surface area contributed by atoms with Gasteiger partial charge < -0.3 is 4.74 Å². The minimum absolute atomic E-state index is 0.493. The van der Waals surface area contributed by atoms with E-state index in [2.05, 4.69) is 67.3 Å². The summed E-state index contributed by atoms with van der Waals surface area (Å²) in [5, 5.41) is 0. The van der Waals surface area contributed by atoms with Gasteiger partial charge in [-0.15, -0.1) is 0 Å². The molecule has 0 bridgehead atoms. The second-order valence-corrected chi connectivity index (χ2v) is 6.35. The molecule has 0 radical (unpaired) electrons. The molecule has 0 N–H and O–H groups in total. The molecule has 2 aromatic rings. The Labute approximate surface area is 140 Å². The zero-order chi connectivity index (χ0) is 16.1. The van der Waals surface area contributed by atoms with Crippen LogP contribution in [0.5, 0.6) is 5.75 Å². The highest BCUT2D eigenvalue weighted by Gasteiger charge is 2.26. The Bertz CT molecular complexity index is 617. The van der Waals surface area contributed by atoms with Crippen LogP contribution in [0.3, 0.4) is 0 Å². The molecule has 0 unspecified atom stereocenters. The van der Waals surface area contributed by atoms with Crippen LogP contribution in [0.4, 0.5) is 0 Å². The first-order valence-corrected chi connectivity index (χ1v) is 8.87. The van der Waals surface area contributed by atoms with Gasteiger partial charge in [0.2, 0.25) is 0 Å². The van der Waals surface area contributed by atoms with Gasteiger partial charge in [-0.3, -0.25) is 4.90 Å². The Balaban J connectivity index is 1.90. The lowest BCUT2D eigenvalue weighted by molar-refractivity contribution is 0.119. The fraction of sp³-hybridized carbons (Fsp3) is 0.429. The van der Waals surface area contributed by atoms with E-state index in [1.807, 2.05) is 0 Å². The van der Waals surface area contributed by atoms with Crippen molar-refractivity contribution in [2.45, 2.75) is 39.2 Å². The second kappa shape index (κ2) is 7.65. The van der Waals surface area contributed by atoms with E-state index < -0.39 is 0 Å². The Morgan fingerprint density at radius 3 is 2.39 bits per heavy atom. The van der Waals surface area contributed by atoms with Gasteiger partial charge in [0.15, 0.2) is 0 Å². The predicted molar refractivity (Wildman–Crippen MR) is 97.0 cm³/mol. The molecule has 2 heteroatoms. The first-order chi connectivity index (χ1) is 11.3. The predicted octanol–water partition coefficient (Wildman–Crippen LogP) is 4.78. The standard InChI is InChI=1S/C21H27NO/c1-3-13-22(14-4-2)18-15-20-19(17-9-6-5-7-10-17)11-8-12-21(20)23-16-18/h5-12,18H,3-4,13-16H2,1-2H3/t18-/m1/s1. The van der Waals surface area contributed by atoms with Crippen LogP contribution in [0.15, 0.2) is 48.5 Å². The van der Waals surface area contributed by atoms with Crippen LogP contribution in [0, 0.1) is 0 Å². The smallest absolute Gasteiger partial charge is 0.123 e. The third-order valence-electron chi connectivity index (χ3n) is 4.63. The van der Waals surface area contributed by atoms with Gasteiger partial charge in [0.1, 0.15) is 12.4 Å². The molecule has 1 heterocycles. The van der Waals surface area contributed by atoms with Crippen LogP contribution in [-0.4, -0.2) is 30.6 Å². The molecule has 1 aliphatic rings. The van der Waals surface area contributed by atoms with Crippen molar-refractivity contribution in [1.82, 2.24) is 4.90 Å². The fourth-order valence-corrected chi connectivity index (χ4v) is 3.57. The van der Waals surface area contributed by atoms with Gasteiger partial charge in [0, 0.05) is 11.6 Å². The van der Waals surface area contributed by atoms with Crippen LogP contribution >= 0.6 is 0 Å². The number of hydrogen-bond acceptors (Lipinski definition) is 2. The van der Waals surface area contributed by atoms with Crippen molar-refractivity contribution in [3.8, 4) is 16.9 Å². The summed E-state index contributed by atoms with van der Waals surface area (Å²) in [5.41, 5.74) is 3.97. The molecule has 122 valence electrons. The molecule has 2 nitrogen and oxygen atoms in total. The van der Waals surface area contributed by atoms with E-state index in [1.54, 1.807) is 0 Å². The third-order valence-corrected chi connectivity index (χ3v) is 4.63. The first-order valence-electron chi connectivity index (χ1n) is 8.87. The summed E-state index contributed by atoms with van der Waals surface area (Å²) in [5.74, 6) is 1.07. The Morgan fingerprint density at radius 1 is 0.957 bits per heavy atom. The SMILES string of the molecule is CCCN(CCC)[C@H]1COc2cccc(-c3ccccc3)c2C1. The van der Waals surface area contributed by atoms with Crippen LogP contribution in [0.25, 0.3) is 11.1 Å². The molecule has 1 aliphatic heterocycles.